The van der Waals surface area contributed by atoms with E-state index >= 15 is 0 Å². The number of hydrogen-bond acceptors (Lipinski definition) is 6. The molecule has 2 rings (SSSR count). The molecule has 0 aliphatic carbocycles. The van der Waals surface area contributed by atoms with E-state index in [4.69, 9.17) is 5.73 Å². The van der Waals surface area contributed by atoms with E-state index in [0.717, 1.165) is 0 Å². The molecule has 1 aromatic rings. The molecule has 1 unspecified atom stereocenters. The minimum Gasteiger partial charge on any atom is -0.344 e. The van der Waals surface area contributed by atoms with Crippen molar-refractivity contribution in [3.05, 3.63) is 11.6 Å². The van der Waals surface area contributed by atoms with Crippen LogP contribution in [0.25, 0.3) is 0 Å². The molecule has 0 aromatic carbocycles. The molecule has 10 nitrogen and oxygen atoms in total. The van der Waals surface area contributed by atoms with Gasteiger partial charge in [-0.2, -0.15) is 5.10 Å². The van der Waals surface area contributed by atoms with Gasteiger partial charge >= 0.3 is 0 Å². The number of nitrogens with one attached hydrogen (secondary N) is 1. The van der Waals surface area contributed by atoms with E-state index in [2.05, 4.69) is 29.2 Å². The van der Waals surface area contributed by atoms with E-state index in [9.17, 15) is 14.4 Å². The van der Waals surface area contributed by atoms with Crippen molar-refractivity contribution in [2.45, 2.75) is 65.6 Å². The zero-order chi connectivity index (χ0) is 22.4. The van der Waals surface area contributed by atoms with Crippen LogP contribution in [0, 0.1) is 12.8 Å². The first-order chi connectivity index (χ1) is 14.1. The van der Waals surface area contributed by atoms with E-state index < -0.39 is 6.04 Å². The number of fused-ring (bicyclic) bond motifs is 1. The second-order valence-corrected chi connectivity index (χ2v) is 8.30. The highest BCUT2D eigenvalue weighted by molar-refractivity contribution is 5.87. The molecule has 176 valence electrons. The Labute approximate surface area is 190 Å². The van der Waals surface area contributed by atoms with Crippen LogP contribution in [-0.2, 0) is 20.9 Å². The van der Waals surface area contributed by atoms with Gasteiger partial charge in [-0.3, -0.25) is 14.4 Å². The first kappa shape index (κ1) is 26.8. The molecule has 1 aliphatic heterocycles. The lowest BCUT2D eigenvalue weighted by molar-refractivity contribution is -0.139. The highest BCUT2D eigenvalue weighted by atomic mass is 35.5. The first-order valence-corrected chi connectivity index (χ1v) is 10.6. The lowest BCUT2D eigenvalue weighted by atomic mass is 10.0. The number of aromatic nitrogens is 3. The third-order valence-corrected chi connectivity index (χ3v) is 5.42. The van der Waals surface area contributed by atoms with Crippen LogP contribution in [-0.4, -0.2) is 75.0 Å². The molecule has 0 saturated carbocycles. The smallest absolute Gasteiger partial charge is 0.243 e. The quantitative estimate of drug-likeness (QED) is 0.685. The van der Waals surface area contributed by atoms with Crippen molar-refractivity contribution >= 4 is 30.1 Å². The SMILES string of the molecule is Cc1nc2n(n1)CCN(C(=O)CN)CCCC(=O)N(C)[C@@H](C)C(=O)NC2CC(C)C.Cl. The van der Waals surface area contributed by atoms with Gasteiger partial charge in [0.15, 0.2) is 0 Å². The van der Waals surface area contributed by atoms with Crippen LogP contribution in [0.3, 0.4) is 0 Å². The summed E-state index contributed by atoms with van der Waals surface area (Å²) in [5, 5.41) is 7.55. The molecular formula is C20H36ClN7O3. The topological polar surface area (TPSA) is 126 Å². The van der Waals surface area contributed by atoms with E-state index in [0.29, 0.717) is 50.0 Å². The maximum absolute atomic E-state index is 12.9. The fourth-order valence-electron chi connectivity index (χ4n) is 3.58. The van der Waals surface area contributed by atoms with Gasteiger partial charge in [0.05, 0.1) is 19.1 Å². The van der Waals surface area contributed by atoms with Gasteiger partial charge < -0.3 is 20.9 Å². The highest BCUT2D eigenvalue weighted by Gasteiger charge is 2.28. The van der Waals surface area contributed by atoms with Crippen molar-refractivity contribution in [2.24, 2.45) is 11.7 Å². The van der Waals surface area contributed by atoms with Gasteiger partial charge in [0.25, 0.3) is 0 Å². The normalized spacial score (nSPS) is 21.3. The van der Waals surface area contributed by atoms with E-state index in [1.807, 2.05) is 0 Å². The molecule has 0 fully saturated rings. The number of carbonyl (C=O) groups excluding carboxylic acids is 3. The Hall–Kier alpha value is -2.20. The predicted octanol–water partition coefficient (Wildman–Crippen LogP) is 0.640. The van der Waals surface area contributed by atoms with Crippen molar-refractivity contribution in [1.29, 1.82) is 0 Å². The predicted molar refractivity (Wildman–Crippen MR) is 119 cm³/mol. The summed E-state index contributed by atoms with van der Waals surface area (Å²) < 4.78 is 1.77. The molecule has 0 radical (unpaired) electrons. The Morgan fingerprint density at radius 3 is 2.55 bits per heavy atom. The molecular weight excluding hydrogens is 422 g/mol. The third-order valence-electron chi connectivity index (χ3n) is 5.42. The summed E-state index contributed by atoms with van der Waals surface area (Å²) in [6.07, 6.45) is 1.44. The number of nitrogens with zero attached hydrogens (tertiary/aromatic N) is 5. The Balaban J connectivity index is 0.00000480. The number of hydrogen-bond donors (Lipinski definition) is 2. The zero-order valence-electron chi connectivity index (χ0n) is 19.1. The third kappa shape index (κ3) is 7.17. The second-order valence-electron chi connectivity index (χ2n) is 8.30. The molecule has 0 spiro atoms. The number of aryl methyl sites for hydroxylation is 1. The lowest BCUT2D eigenvalue weighted by Gasteiger charge is -2.29. The van der Waals surface area contributed by atoms with Gasteiger partial charge in [-0.1, -0.05) is 13.8 Å². The minimum atomic E-state index is -0.616. The fourth-order valence-corrected chi connectivity index (χ4v) is 3.58. The monoisotopic (exact) mass is 457 g/mol. The van der Waals surface area contributed by atoms with Crippen LogP contribution in [0.15, 0.2) is 0 Å². The van der Waals surface area contributed by atoms with Crippen molar-refractivity contribution in [2.75, 3.05) is 26.7 Å². The minimum absolute atomic E-state index is 0. The van der Waals surface area contributed by atoms with E-state index in [-0.39, 0.29) is 49.1 Å². The Bertz CT molecular complexity index is 768. The van der Waals surface area contributed by atoms with E-state index in [1.54, 1.807) is 30.5 Å². The zero-order valence-corrected chi connectivity index (χ0v) is 19.9. The summed E-state index contributed by atoms with van der Waals surface area (Å²) in [4.78, 5) is 45.4. The van der Waals surface area contributed by atoms with Crippen LogP contribution in [0.1, 0.15) is 57.7 Å². The van der Waals surface area contributed by atoms with Crippen LogP contribution in [0.4, 0.5) is 0 Å². The summed E-state index contributed by atoms with van der Waals surface area (Å²) in [6, 6.07) is -0.958. The van der Waals surface area contributed by atoms with Crippen LogP contribution < -0.4 is 11.1 Å². The van der Waals surface area contributed by atoms with E-state index in [1.165, 1.54) is 4.90 Å². The summed E-state index contributed by atoms with van der Waals surface area (Å²) >= 11 is 0. The molecule has 3 N–H and O–H groups in total. The number of halogens is 1. The molecule has 1 aliphatic rings. The van der Waals surface area contributed by atoms with Gasteiger partial charge in [-0.25, -0.2) is 9.67 Å². The van der Waals surface area contributed by atoms with Crippen molar-refractivity contribution in [3.8, 4) is 0 Å². The summed E-state index contributed by atoms with van der Waals surface area (Å²) in [5.74, 6) is 1.06. The Kier molecular flexibility index (Phi) is 10.4. The van der Waals surface area contributed by atoms with Crippen molar-refractivity contribution in [3.63, 3.8) is 0 Å². The van der Waals surface area contributed by atoms with Gasteiger partial charge in [-0.05, 0) is 32.6 Å². The summed E-state index contributed by atoms with van der Waals surface area (Å²) in [7, 11) is 1.63. The number of likely N-dealkylation sites (N-methyl/N-ethyl adjacent to an activating group) is 1. The molecule has 0 bridgehead atoms. The molecule has 0 saturated heterocycles. The van der Waals surface area contributed by atoms with Crippen LogP contribution in [0.5, 0.6) is 0 Å². The maximum atomic E-state index is 12.9. The second kappa shape index (κ2) is 12.0. The molecule has 31 heavy (non-hydrogen) atoms. The van der Waals surface area contributed by atoms with Crippen molar-refractivity contribution in [1.82, 2.24) is 29.9 Å². The van der Waals surface area contributed by atoms with Gasteiger partial charge in [0.2, 0.25) is 17.7 Å². The lowest BCUT2D eigenvalue weighted by Crippen LogP contribution is -2.48. The first-order valence-electron chi connectivity index (χ1n) is 10.6. The van der Waals surface area contributed by atoms with Crippen molar-refractivity contribution < 1.29 is 14.4 Å². The maximum Gasteiger partial charge on any atom is 0.243 e. The standard InChI is InChI=1S/C20H35N7O3.ClH/c1-13(2)11-16-19-22-15(4)24-27(19)10-9-26(18(29)12-21)8-6-7-17(28)25(5)14(3)20(30)23-16;/h13-14,16H,6-12,21H2,1-5H3,(H,23,30);1H/t14-,16?;/m0./s1. The fraction of sp³-hybridized carbons (Fsp3) is 0.750. The van der Waals surface area contributed by atoms with Gasteiger partial charge in [0.1, 0.15) is 17.7 Å². The average molecular weight is 458 g/mol. The summed E-state index contributed by atoms with van der Waals surface area (Å²) in [5.41, 5.74) is 5.57. The van der Waals surface area contributed by atoms with Gasteiger partial charge in [0, 0.05) is 26.6 Å². The summed E-state index contributed by atoms with van der Waals surface area (Å²) in [6.45, 7) is 8.86. The number of rotatable bonds is 3. The largest absolute Gasteiger partial charge is 0.344 e. The van der Waals surface area contributed by atoms with Crippen LogP contribution in [0.2, 0.25) is 0 Å². The molecule has 1 aromatic heterocycles. The molecule has 2 atom stereocenters. The number of carbonyl (C=O) groups is 3. The number of nitrogens with two attached hydrogens (primary N) is 1. The highest BCUT2D eigenvalue weighted by Crippen LogP contribution is 2.21. The molecule has 2 heterocycles. The Morgan fingerprint density at radius 2 is 1.94 bits per heavy atom. The Morgan fingerprint density at radius 1 is 1.26 bits per heavy atom. The van der Waals surface area contributed by atoms with Gasteiger partial charge in [-0.15, -0.1) is 12.4 Å². The van der Waals surface area contributed by atoms with Crippen LogP contribution >= 0.6 is 12.4 Å². The molecule has 3 amide bonds. The number of amides is 3. The average Bonchev–Trinajstić information content (AvgIpc) is 3.07. The molecule has 11 heteroatoms.